The summed E-state index contributed by atoms with van der Waals surface area (Å²) < 4.78 is 0.998. The maximum atomic E-state index is 12.7. The van der Waals surface area contributed by atoms with Crippen LogP contribution >= 0.6 is 15.9 Å². The highest BCUT2D eigenvalue weighted by molar-refractivity contribution is 9.10. The van der Waals surface area contributed by atoms with Crippen LogP contribution in [0.5, 0.6) is 0 Å². The first-order valence-corrected chi connectivity index (χ1v) is 9.69. The van der Waals surface area contributed by atoms with E-state index in [1.54, 1.807) is 0 Å². The van der Waals surface area contributed by atoms with Crippen molar-refractivity contribution in [1.82, 2.24) is 20.2 Å². The molecule has 0 unspecified atom stereocenters. The average molecular weight is 424 g/mol. The van der Waals surface area contributed by atoms with E-state index in [4.69, 9.17) is 4.98 Å². The lowest BCUT2D eigenvalue weighted by atomic mass is 9.86. The number of anilines is 1. The number of carbonyl (C=O) groups excluding carboxylic acids is 1. The van der Waals surface area contributed by atoms with Gasteiger partial charge in [-0.05, 0) is 56.7 Å². The molecule has 0 atom stereocenters. The van der Waals surface area contributed by atoms with Gasteiger partial charge >= 0.3 is 0 Å². The fourth-order valence-corrected chi connectivity index (χ4v) is 4.29. The Labute approximate surface area is 164 Å². The van der Waals surface area contributed by atoms with Gasteiger partial charge in [-0.15, -0.1) is 0 Å². The molecule has 0 aliphatic carbocycles. The molecule has 6 nitrogen and oxygen atoms in total. The van der Waals surface area contributed by atoms with E-state index in [-0.39, 0.29) is 5.91 Å². The number of H-pyrrole nitrogens is 2. The second-order valence-corrected chi connectivity index (χ2v) is 8.32. The Hall–Kier alpha value is -2.67. The van der Waals surface area contributed by atoms with Gasteiger partial charge in [-0.3, -0.25) is 9.89 Å². The maximum Gasteiger partial charge on any atom is 0.237 e. The van der Waals surface area contributed by atoms with E-state index in [0.29, 0.717) is 6.54 Å². The Morgan fingerprint density at radius 2 is 2.00 bits per heavy atom. The minimum atomic E-state index is -0.532. The van der Waals surface area contributed by atoms with Gasteiger partial charge in [0.05, 0.1) is 27.7 Å². The molecule has 0 saturated carbocycles. The molecule has 136 valence electrons. The van der Waals surface area contributed by atoms with Crippen molar-refractivity contribution < 1.29 is 4.79 Å². The predicted octanol–water partition coefficient (Wildman–Crippen LogP) is 4.51. The van der Waals surface area contributed by atoms with Crippen LogP contribution in [0.3, 0.4) is 0 Å². The number of nitrogens with zero attached hydrogens (tertiary/aromatic N) is 3. The molecule has 1 aliphatic rings. The van der Waals surface area contributed by atoms with Crippen molar-refractivity contribution in [1.29, 1.82) is 0 Å². The number of imidazole rings is 1. The van der Waals surface area contributed by atoms with Crippen LogP contribution in [-0.4, -0.2) is 32.6 Å². The Morgan fingerprint density at radius 3 is 2.78 bits per heavy atom. The van der Waals surface area contributed by atoms with Gasteiger partial charge in [0.2, 0.25) is 5.91 Å². The van der Waals surface area contributed by atoms with Crippen LogP contribution in [0.15, 0.2) is 34.8 Å². The fourth-order valence-electron chi connectivity index (χ4n) is 3.93. The standard InChI is InChI=1S/C20H18BrN5O/c1-4-26-16-9-15-14(8-12(16)20(2,3)19(26)27)22-18(23-15)17-11-6-5-10(21)7-13(11)24-25-17/h5-9H,4H2,1-3H3,(H,22,23)(H,24,25). The Morgan fingerprint density at radius 1 is 1.19 bits per heavy atom. The van der Waals surface area contributed by atoms with Crippen LogP contribution in [0, 0.1) is 0 Å². The molecule has 0 saturated heterocycles. The van der Waals surface area contributed by atoms with Crippen molar-refractivity contribution >= 4 is 49.5 Å². The van der Waals surface area contributed by atoms with Gasteiger partial charge in [0.1, 0.15) is 5.69 Å². The second kappa shape index (κ2) is 5.42. The number of halogens is 1. The monoisotopic (exact) mass is 423 g/mol. The molecule has 0 radical (unpaired) electrons. The summed E-state index contributed by atoms with van der Waals surface area (Å²) in [5.74, 6) is 0.853. The summed E-state index contributed by atoms with van der Waals surface area (Å²) in [7, 11) is 0. The van der Waals surface area contributed by atoms with E-state index in [1.165, 1.54) is 0 Å². The van der Waals surface area contributed by atoms with E-state index < -0.39 is 5.41 Å². The minimum Gasteiger partial charge on any atom is -0.337 e. The molecular weight excluding hydrogens is 406 g/mol. The van der Waals surface area contributed by atoms with Crippen molar-refractivity contribution in [2.75, 3.05) is 11.4 Å². The highest BCUT2D eigenvalue weighted by Crippen LogP contribution is 2.43. The van der Waals surface area contributed by atoms with E-state index in [9.17, 15) is 4.79 Å². The molecular formula is C20H18BrN5O. The van der Waals surface area contributed by atoms with Gasteiger partial charge in [0.15, 0.2) is 5.82 Å². The molecule has 3 heterocycles. The third-order valence-corrected chi connectivity index (χ3v) is 5.90. The largest absolute Gasteiger partial charge is 0.337 e. The van der Waals surface area contributed by atoms with Crippen LogP contribution < -0.4 is 4.90 Å². The lowest BCUT2D eigenvalue weighted by Gasteiger charge is -2.18. The number of hydrogen-bond donors (Lipinski definition) is 2. The molecule has 2 aromatic carbocycles. The van der Waals surface area contributed by atoms with Crippen molar-refractivity contribution in [3.63, 3.8) is 0 Å². The molecule has 0 bridgehead atoms. The van der Waals surface area contributed by atoms with E-state index in [2.05, 4.69) is 37.2 Å². The van der Waals surface area contributed by atoms with Crippen molar-refractivity contribution in [3.05, 3.63) is 40.4 Å². The average Bonchev–Trinajstić information content (AvgIpc) is 3.27. The lowest BCUT2D eigenvalue weighted by molar-refractivity contribution is -0.122. The number of nitrogens with one attached hydrogen (secondary N) is 2. The van der Waals surface area contributed by atoms with Crippen LogP contribution in [0.4, 0.5) is 5.69 Å². The lowest BCUT2D eigenvalue weighted by Crippen LogP contribution is -2.35. The van der Waals surface area contributed by atoms with Crippen LogP contribution in [-0.2, 0) is 10.2 Å². The summed E-state index contributed by atoms with van der Waals surface area (Å²) in [6.07, 6.45) is 0. The highest BCUT2D eigenvalue weighted by atomic mass is 79.9. The summed E-state index contributed by atoms with van der Waals surface area (Å²) in [6, 6.07) is 10.1. The van der Waals surface area contributed by atoms with Gasteiger partial charge in [-0.25, -0.2) is 4.98 Å². The van der Waals surface area contributed by atoms with Crippen LogP contribution in [0.1, 0.15) is 26.3 Å². The summed E-state index contributed by atoms with van der Waals surface area (Å²) in [4.78, 5) is 22.7. The number of hydrogen-bond acceptors (Lipinski definition) is 3. The molecule has 1 aliphatic heterocycles. The summed E-state index contributed by atoms with van der Waals surface area (Å²) in [6.45, 7) is 6.60. The number of rotatable bonds is 2. The number of fused-ring (bicyclic) bond motifs is 3. The summed E-state index contributed by atoms with van der Waals surface area (Å²) >= 11 is 3.48. The topological polar surface area (TPSA) is 77.7 Å². The minimum absolute atomic E-state index is 0.136. The van der Waals surface area contributed by atoms with E-state index in [1.807, 2.05) is 49.9 Å². The van der Waals surface area contributed by atoms with E-state index >= 15 is 0 Å². The summed E-state index contributed by atoms with van der Waals surface area (Å²) in [5, 5.41) is 8.52. The number of aromatic nitrogens is 4. The Balaban J connectivity index is 1.70. The highest BCUT2D eigenvalue weighted by Gasteiger charge is 2.43. The zero-order valence-electron chi connectivity index (χ0n) is 15.2. The molecule has 1 amide bonds. The van der Waals surface area contributed by atoms with Crippen molar-refractivity contribution in [2.24, 2.45) is 0 Å². The molecule has 4 aromatic rings. The third kappa shape index (κ3) is 2.21. The zero-order chi connectivity index (χ0) is 18.9. The molecule has 2 N–H and O–H groups in total. The number of aromatic amines is 2. The predicted molar refractivity (Wildman–Crippen MR) is 110 cm³/mol. The quantitative estimate of drug-likeness (QED) is 0.497. The first-order valence-electron chi connectivity index (χ1n) is 8.90. The molecule has 2 aromatic heterocycles. The SMILES string of the molecule is CCN1C(=O)C(C)(C)c2cc3[nH]c(-c4n[nH]c5cc(Br)ccc45)nc3cc21. The van der Waals surface area contributed by atoms with Gasteiger partial charge in [-0.2, -0.15) is 5.10 Å². The fraction of sp³-hybridized carbons (Fsp3) is 0.250. The first-order chi connectivity index (χ1) is 12.9. The molecule has 0 spiro atoms. The van der Waals surface area contributed by atoms with Gasteiger partial charge in [-0.1, -0.05) is 15.9 Å². The number of amides is 1. The molecule has 0 fully saturated rings. The maximum absolute atomic E-state index is 12.7. The number of likely N-dealkylation sites (N-methyl/N-ethyl adjacent to an activating group) is 1. The van der Waals surface area contributed by atoms with Crippen molar-refractivity contribution in [3.8, 4) is 11.5 Å². The van der Waals surface area contributed by atoms with Crippen molar-refractivity contribution in [2.45, 2.75) is 26.2 Å². The zero-order valence-corrected chi connectivity index (χ0v) is 16.8. The Bertz CT molecular complexity index is 1240. The number of benzene rings is 2. The number of carbonyl (C=O) groups is 1. The molecule has 27 heavy (non-hydrogen) atoms. The van der Waals surface area contributed by atoms with Gasteiger partial charge < -0.3 is 9.88 Å². The van der Waals surface area contributed by atoms with Crippen LogP contribution in [0.2, 0.25) is 0 Å². The normalized spacial score (nSPS) is 15.9. The second-order valence-electron chi connectivity index (χ2n) is 7.41. The Kier molecular flexibility index (Phi) is 3.31. The molecule has 7 heteroatoms. The van der Waals surface area contributed by atoms with Crippen LogP contribution in [0.25, 0.3) is 33.5 Å². The smallest absolute Gasteiger partial charge is 0.237 e. The third-order valence-electron chi connectivity index (χ3n) is 5.41. The van der Waals surface area contributed by atoms with Gasteiger partial charge in [0.25, 0.3) is 0 Å². The summed E-state index contributed by atoms with van der Waals surface area (Å²) in [5.41, 5.74) is 4.94. The molecule has 5 rings (SSSR count). The van der Waals surface area contributed by atoms with Gasteiger partial charge in [0, 0.05) is 16.4 Å². The van der Waals surface area contributed by atoms with E-state index in [0.717, 1.165) is 49.2 Å². The first kappa shape index (κ1) is 16.5.